The van der Waals surface area contributed by atoms with Crippen LogP contribution in [0, 0.1) is 0 Å². The third-order valence-corrected chi connectivity index (χ3v) is 2.28. The van der Waals surface area contributed by atoms with Crippen molar-refractivity contribution in [3.8, 4) is 0 Å². The molecular weight excluding hydrogens is 230 g/mol. The average molecular weight is 242 g/mol. The maximum atomic E-state index is 11.5. The minimum atomic E-state index is -0.370. The van der Waals surface area contributed by atoms with Crippen molar-refractivity contribution in [1.29, 1.82) is 0 Å². The molecule has 86 valence electrons. The molecule has 0 radical (unpaired) electrons. The molecule has 1 aromatic carbocycles. The number of amides is 2. The van der Waals surface area contributed by atoms with Crippen LogP contribution in [0.3, 0.4) is 0 Å². The van der Waals surface area contributed by atoms with Gasteiger partial charge in [0.25, 0.3) is 5.91 Å². The number of rotatable bonds is 3. The molecule has 1 aromatic rings. The molecule has 0 aliphatic heterocycles. The minimum absolute atomic E-state index is 0.0721. The molecule has 16 heavy (non-hydrogen) atoms. The highest BCUT2D eigenvalue weighted by Crippen LogP contribution is 2.19. The Morgan fingerprint density at radius 3 is 2.69 bits per heavy atom. The first kappa shape index (κ1) is 12.3. The van der Waals surface area contributed by atoms with Gasteiger partial charge in [-0.05, 0) is 18.2 Å². The summed E-state index contributed by atoms with van der Waals surface area (Å²) in [6, 6.07) is 4.54. The third-order valence-electron chi connectivity index (χ3n) is 1.95. The van der Waals surface area contributed by atoms with E-state index in [0.717, 1.165) is 0 Å². The van der Waals surface area contributed by atoms with Crippen molar-refractivity contribution in [3.63, 3.8) is 0 Å². The number of likely N-dealkylation sites (N-methyl/N-ethyl adjacent to an activating group) is 1. The predicted molar refractivity (Wildman–Crippen MR) is 62.3 cm³/mol. The first-order chi connectivity index (χ1) is 7.54. The van der Waals surface area contributed by atoms with Crippen LogP contribution in [0.25, 0.3) is 0 Å². The molecule has 0 heterocycles. The topological polar surface area (TPSA) is 84.2 Å². The molecule has 0 unspecified atom stereocenters. The van der Waals surface area contributed by atoms with Crippen molar-refractivity contribution in [2.24, 2.45) is 0 Å². The van der Waals surface area contributed by atoms with Crippen LogP contribution < -0.4 is 16.4 Å². The minimum Gasteiger partial charge on any atom is -0.398 e. The van der Waals surface area contributed by atoms with E-state index in [0.29, 0.717) is 16.3 Å². The van der Waals surface area contributed by atoms with E-state index in [-0.39, 0.29) is 18.4 Å². The molecule has 0 bridgehead atoms. The lowest BCUT2D eigenvalue weighted by Gasteiger charge is -2.05. The van der Waals surface area contributed by atoms with Crippen LogP contribution in [0.2, 0.25) is 5.02 Å². The number of benzene rings is 1. The lowest BCUT2D eigenvalue weighted by molar-refractivity contribution is -0.119. The van der Waals surface area contributed by atoms with Crippen LogP contribution >= 0.6 is 11.6 Å². The Balaban J connectivity index is 2.66. The summed E-state index contributed by atoms with van der Waals surface area (Å²) in [5.74, 6) is -0.639. The van der Waals surface area contributed by atoms with Crippen LogP contribution in [0.1, 0.15) is 10.4 Å². The fourth-order valence-electron chi connectivity index (χ4n) is 1.02. The molecule has 5 nitrogen and oxygen atoms in total. The predicted octanol–water partition coefficient (Wildman–Crippen LogP) is 0.398. The second-order valence-corrected chi connectivity index (χ2v) is 3.50. The molecule has 0 fully saturated rings. The van der Waals surface area contributed by atoms with Gasteiger partial charge in [0.2, 0.25) is 5.91 Å². The van der Waals surface area contributed by atoms with Crippen LogP contribution in [0.4, 0.5) is 5.69 Å². The number of hydrogen-bond donors (Lipinski definition) is 3. The average Bonchev–Trinajstić information content (AvgIpc) is 2.29. The maximum absolute atomic E-state index is 11.5. The maximum Gasteiger partial charge on any atom is 0.251 e. The Morgan fingerprint density at radius 1 is 1.44 bits per heavy atom. The van der Waals surface area contributed by atoms with Gasteiger partial charge in [0, 0.05) is 12.6 Å². The summed E-state index contributed by atoms with van der Waals surface area (Å²) >= 11 is 5.76. The number of nitrogens with one attached hydrogen (secondary N) is 2. The summed E-state index contributed by atoms with van der Waals surface area (Å²) in [4.78, 5) is 22.4. The molecular formula is C10H12ClN3O2. The first-order valence-electron chi connectivity index (χ1n) is 4.58. The highest BCUT2D eigenvalue weighted by atomic mass is 35.5. The van der Waals surface area contributed by atoms with Gasteiger partial charge in [0.1, 0.15) is 0 Å². The van der Waals surface area contributed by atoms with Gasteiger partial charge in [-0.25, -0.2) is 0 Å². The summed E-state index contributed by atoms with van der Waals surface area (Å²) in [6.07, 6.45) is 0. The number of nitrogen functional groups attached to an aromatic ring is 1. The number of halogens is 1. The van der Waals surface area contributed by atoms with Gasteiger partial charge in [-0.15, -0.1) is 0 Å². The Morgan fingerprint density at radius 2 is 2.12 bits per heavy atom. The molecule has 0 atom stereocenters. The monoisotopic (exact) mass is 241 g/mol. The lowest BCUT2D eigenvalue weighted by Crippen LogP contribution is -2.35. The highest BCUT2D eigenvalue weighted by Gasteiger charge is 2.08. The molecule has 0 aliphatic rings. The molecule has 0 aromatic heterocycles. The Labute approximate surface area is 98.0 Å². The summed E-state index contributed by atoms with van der Waals surface area (Å²) in [5.41, 5.74) is 6.28. The molecule has 4 N–H and O–H groups in total. The van der Waals surface area contributed by atoms with Crippen molar-refractivity contribution in [1.82, 2.24) is 10.6 Å². The molecule has 0 saturated carbocycles. The quantitative estimate of drug-likeness (QED) is 0.670. The highest BCUT2D eigenvalue weighted by molar-refractivity contribution is 6.33. The normalized spacial score (nSPS) is 9.62. The van der Waals surface area contributed by atoms with Gasteiger partial charge in [-0.3, -0.25) is 9.59 Å². The molecule has 1 rings (SSSR count). The van der Waals surface area contributed by atoms with Gasteiger partial charge in [0.15, 0.2) is 0 Å². The molecule has 0 spiro atoms. The van der Waals surface area contributed by atoms with Crippen LogP contribution in [-0.4, -0.2) is 25.4 Å². The molecule has 6 heteroatoms. The fourth-order valence-corrected chi connectivity index (χ4v) is 1.20. The van der Waals surface area contributed by atoms with Crippen molar-refractivity contribution >= 4 is 29.1 Å². The number of nitrogens with two attached hydrogens (primary N) is 1. The van der Waals surface area contributed by atoms with Gasteiger partial charge >= 0.3 is 0 Å². The second-order valence-electron chi connectivity index (χ2n) is 3.09. The van der Waals surface area contributed by atoms with Crippen LogP contribution in [-0.2, 0) is 4.79 Å². The standard InChI is InChI=1S/C10H12ClN3O2/c1-13-9(15)5-14-10(16)6-2-3-8(12)7(11)4-6/h2-4H,5,12H2,1H3,(H,13,15)(H,14,16). The van der Waals surface area contributed by atoms with Gasteiger partial charge in [-0.2, -0.15) is 0 Å². The van der Waals surface area contributed by atoms with E-state index in [4.69, 9.17) is 17.3 Å². The largest absolute Gasteiger partial charge is 0.398 e. The van der Waals surface area contributed by atoms with E-state index >= 15 is 0 Å². The zero-order chi connectivity index (χ0) is 12.1. The zero-order valence-electron chi connectivity index (χ0n) is 8.71. The van der Waals surface area contributed by atoms with Crippen LogP contribution in [0.5, 0.6) is 0 Å². The SMILES string of the molecule is CNC(=O)CNC(=O)c1ccc(N)c(Cl)c1. The third kappa shape index (κ3) is 3.13. The van der Waals surface area contributed by atoms with E-state index < -0.39 is 0 Å². The second kappa shape index (κ2) is 5.37. The van der Waals surface area contributed by atoms with Crippen molar-refractivity contribution in [2.45, 2.75) is 0 Å². The summed E-state index contributed by atoms with van der Waals surface area (Å²) < 4.78 is 0. The van der Waals surface area contributed by atoms with E-state index in [2.05, 4.69) is 10.6 Å². The van der Waals surface area contributed by atoms with Gasteiger partial charge in [-0.1, -0.05) is 11.6 Å². The smallest absolute Gasteiger partial charge is 0.251 e. The van der Waals surface area contributed by atoms with E-state index in [1.807, 2.05) is 0 Å². The van der Waals surface area contributed by atoms with Gasteiger partial charge < -0.3 is 16.4 Å². The zero-order valence-corrected chi connectivity index (χ0v) is 9.47. The number of hydrogen-bond acceptors (Lipinski definition) is 3. The van der Waals surface area contributed by atoms with Crippen LogP contribution in [0.15, 0.2) is 18.2 Å². The molecule has 0 saturated heterocycles. The first-order valence-corrected chi connectivity index (χ1v) is 4.96. The summed E-state index contributed by atoms with van der Waals surface area (Å²) in [5, 5.41) is 5.15. The van der Waals surface area contributed by atoms with E-state index in [1.54, 1.807) is 6.07 Å². The Hall–Kier alpha value is -1.75. The summed E-state index contributed by atoms with van der Waals surface area (Å²) in [6.45, 7) is -0.0721. The van der Waals surface area contributed by atoms with Gasteiger partial charge in [0.05, 0.1) is 17.3 Å². The van der Waals surface area contributed by atoms with Crippen molar-refractivity contribution in [3.05, 3.63) is 28.8 Å². The number of carbonyl (C=O) groups excluding carboxylic acids is 2. The van der Waals surface area contributed by atoms with E-state index in [9.17, 15) is 9.59 Å². The Kier molecular flexibility index (Phi) is 4.13. The van der Waals surface area contributed by atoms with Crippen molar-refractivity contribution < 1.29 is 9.59 Å². The number of anilines is 1. The lowest BCUT2D eigenvalue weighted by atomic mass is 10.2. The van der Waals surface area contributed by atoms with E-state index in [1.165, 1.54) is 19.2 Å². The summed E-state index contributed by atoms with van der Waals surface area (Å²) in [7, 11) is 1.49. The fraction of sp³-hybridized carbons (Fsp3) is 0.200. The molecule has 0 aliphatic carbocycles. The Bertz CT molecular complexity index is 421. The number of carbonyl (C=O) groups is 2. The van der Waals surface area contributed by atoms with Crippen molar-refractivity contribution in [2.75, 3.05) is 19.3 Å². The molecule has 2 amide bonds.